The van der Waals surface area contributed by atoms with Crippen LogP contribution in [0.1, 0.15) is 45.6 Å². The number of nitrogens with one attached hydrogen (secondary N) is 2. The Morgan fingerprint density at radius 3 is 2.29 bits per heavy atom. The molecule has 0 radical (unpaired) electrons. The van der Waals surface area contributed by atoms with Gasteiger partial charge in [-0.2, -0.15) is 0 Å². The minimum absolute atomic E-state index is 0.0589. The van der Waals surface area contributed by atoms with Crippen molar-refractivity contribution in [1.29, 1.82) is 0 Å². The highest BCUT2D eigenvalue weighted by molar-refractivity contribution is 6.30. The van der Waals surface area contributed by atoms with Crippen LogP contribution in [0.4, 0.5) is 0 Å². The van der Waals surface area contributed by atoms with Gasteiger partial charge in [-0.05, 0) is 41.7 Å². The number of allylic oxidation sites excluding steroid dienone is 1. The number of ketones is 1. The maximum absolute atomic E-state index is 12.9. The fourth-order valence-electron chi connectivity index (χ4n) is 3.29. The van der Waals surface area contributed by atoms with Crippen molar-refractivity contribution >= 4 is 23.3 Å². The average molecular weight is 443 g/mol. The molecule has 0 aliphatic heterocycles. The summed E-state index contributed by atoms with van der Waals surface area (Å²) in [7, 11) is 0. The van der Waals surface area contributed by atoms with E-state index in [1.165, 1.54) is 0 Å². The van der Waals surface area contributed by atoms with Gasteiger partial charge in [0.25, 0.3) is 0 Å². The molecule has 5 heteroatoms. The number of benzene rings is 1. The summed E-state index contributed by atoms with van der Waals surface area (Å²) < 4.78 is 0. The van der Waals surface area contributed by atoms with Crippen LogP contribution in [0.3, 0.4) is 0 Å². The largest absolute Gasteiger partial charge is 0.388 e. The van der Waals surface area contributed by atoms with E-state index in [-0.39, 0.29) is 17.6 Å². The molecule has 1 atom stereocenters. The molecule has 0 aliphatic carbocycles. The van der Waals surface area contributed by atoms with Crippen molar-refractivity contribution in [3.63, 3.8) is 0 Å². The highest BCUT2D eigenvalue weighted by Gasteiger charge is 2.21. The van der Waals surface area contributed by atoms with E-state index >= 15 is 0 Å². The van der Waals surface area contributed by atoms with Crippen molar-refractivity contribution in [3.8, 4) is 0 Å². The lowest BCUT2D eigenvalue weighted by atomic mass is 9.92. The predicted octanol–water partition coefficient (Wildman–Crippen LogP) is 5.76. The van der Waals surface area contributed by atoms with E-state index in [1.807, 2.05) is 32.9 Å². The Morgan fingerprint density at radius 2 is 1.77 bits per heavy atom. The second kappa shape index (κ2) is 13.7. The zero-order valence-corrected chi connectivity index (χ0v) is 19.7. The molecule has 1 rings (SSSR count). The molecular weight excluding hydrogens is 408 g/mol. The van der Waals surface area contributed by atoms with Gasteiger partial charge in [-0.15, -0.1) is 13.2 Å². The van der Waals surface area contributed by atoms with Crippen LogP contribution in [0.2, 0.25) is 5.02 Å². The van der Waals surface area contributed by atoms with E-state index < -0.39 is 5.92 Å². The standard InChI is InChI=1S/C26H35ClN2O2/c1-7-10-24(28-16-15-19(6)25(30)18(4)5)22(8-2)23(9-3)26(31)29-17-20-11-13-21(27)14-12-20/h7,9,11-14,18,23,28H,1,3,6,8,10,15-17H2,2,4-5H3,(H,29,31)/b24-22-. The number of hydrogen-bond donors (Lipinski definition) is 2. The Bertz CT molecular complexity index is 822. The predicted molar refractivity (Wildman–Crippen MR) is 131 cm³/mol. The van der Waals surface area contributed by atoms with E-state index in [0.717, 1.165) is 16.8 Å². The summed E-state index contributed by atoms with van der Waals surface area (Å²) >= 11 is 5.92. The molecule has 0 bridgehead atoms. The summed E-state index contributed by atoms with van der Waals surface area (Å²) in [4.78, 5) is 25.0. The maximum atomic E-state index is 12.9. The van der Waals surface area contributed by atoms with Gasteiger partial charge in [-0.1, -0.05) is 63.2 Å². The number of halogens is 1. The number of amides is 1. The summed E-state index contributed by atoms with van der Waals surface area (Å²) in [6, 6.07) is 7.38. The molecule has 168 valence electrons. The average Bonchev–Trinajstić information content (AvgIpc) is 2.75. The van der Waals surface area contributed by atoms with Gasteiger partial charge in [0.1, 0.15) is 0 Å². The van der Waals surface area contributed by atoms with E-state index in [0.29, 0.717) is 42.9 Å². The molecule has 0 fully saturated rings. The van der Waals surface area contributed by atoms with Crippen molar-refractivity contribution in [3.05, 3.63) is 83.6 Å². The van der Waals surface area contributed by atoms with Crippen LogP contribution in [0.15, 0.2) is 73.0 Å². The molecule has 1 aromatic rings. The first-order valence-corrected chi connectivity index (χ1v) is 11.1. The monoisotopic (exact) mass is 442 g/mol. The van der Waals surface area contributed by atoms with E-state index in [9.17, 15) is 9.59 Å². The molecule has 1 amide bonds. The van der Waals surface area contributed by atoms with Gasteiger partial charge >= 0.3 is 0 Å². The Kier molecular flexibility index (Phi) is 11.7. The van der Waals surface area contributed by atoms with Crippen molar-refractivity contribution in [1.82, 2.24) is 10.6 Å². The van der Waals surface area contributed by atoms with Crippen LogP contribution in [0.5, 0.6) is 0 Å². The van der Waals surface area contributed by atoms with Gasteiger partial charge in [0.15, 0.2) is 5.78 Å². The fourth-order valence-corrected chi connectivity index (χ4v) is 3.41. The van der Waals surface area contributed by atoms with Gasteiger partial charge in [-0.25, -0.2) is 0 Å². The Labute approximate surface area is 192 Å². The summed E-state index contributed by atoms with van der Waals surface area (Å²) in [6.07, 6.45) is 5.31. The number of carbonyl (C=O) groups excluding carboxylic acids is 2. The van der Waals surface area contributed by atoms with Gasteiger partial charge < -0.3 is 10.6 Å². The SMILES string of the molecule is C=CC/C(NCCC(=C)C(=O)C(C)C)=C(\CC)C(C=C)C(=O)NCc1ccc(Cl)cc1. The molecule has 0 saturated carbocycles. The second-order valence-corrected chi connectivity index (χ2v) is 8.14. The van der Waals surface area contributed by atoms with Crippen molar-refractivity contribution in [2.45, 2.75) is 46.6 Å². The minimum Gasteiger partial charge on any atom is -0.388 e. The van der Waals surface area contributed by atoms with Gasteiger partial charge in [0.05, 0.1) is 5.92 Å². The zero-order chi connectivity index (χ0) is 23.4. The smallest absolute Gasteiger partial charge is 0.231 e. The van der Waals surface area contributed by atoms with Gasteiger partial charge in [0, 0.05) is 36.1 Å². The molecular formula is C26H35ClN2O2. The summed E-state index contributed by atoms with van der Waals surface area (Å²) in [6.45, 7) is 18.4. The van der Waals surface area contributed by atoms with Crippen molar-refractivity contribution in [2.24, 2.45) is 11.8 Å². The lowest BCUT2D eigenvalue weighted by molar-refractivity contribution is -0.123. The molecule has 0 aromatic heterocycles. The lowest BCUT2D eigenvalue weighted by Crippen LogP contribution is -2.32. The van der Waals surface area contributed by atoms with E-state index in [4.69, 9.17) is 11.6 Å². The van der Waals surface area contributed by atoms with Crippen molar-refractivity contribution < 1.29 is 9.59 Å². The van der Waals surface area contributed by atoms with Crippen LogP contribution in [0.25, 0.3) is 0 Å². The lowest BCUT2D eigenvalue weighted by Gasteiger charge is -2.21. The van der Waals surface area contributed by atoms with E-state index in [1.54, 1.807) is 24.3 Å². The van der Waals surface area contributed by atoms with Gasteiger partial charge in [-0.3, -0.25) is 9.59 Å². The van der Waals surface area contributed by atoms with E-state index in [2.05, 4.69) is 30.4 Å². The first-order chi connectivity index (χ1) is 14.7. The molecule has 0 heterocycles. The molecule has 4 nitrogen and oxygen atoms in total. The van der Waals surface area contributed by atoms with Crippen molar-refractivity contribution in [2.75, 3.05) is 6.54 Å². The Balaban J connectivity index is 2.90. The number of carbonyl (C=O) groups is 2. The molecule has 0 spiro atoms. The number of rotatable bonds is 14. The quantitative estimate of drug-likeness (QED) is 0.284. The van der Waals surface area contributed by atoms with Crippen LogP contribution >= 0.6 is 11.6 Å². The van der Waals surface area contributed by atoms with Crippen LogP contribution in [-0.2, 0) is 16.1 Å². The normalized spacial score (nSPS) is 12.5. The molecule has 1 aromatic carbocycles. The molecule has 2 N–H and O–H groups in total. The summed E-state index contributed by atoms with van der Waals surface area (Å²) in [5, 5.41) is 7.04. The van der Waals surface area contributed by atoms with Gasteiger partial charge in [0.2, 0.25) is 5.91 Å². The summed E-state index contributed by atoms with van der Waals surface area (Å²) in [5.41, 5.74) is 3.48. The maximum Gasteiger partial charge on any atom is 0.231 e. The Hall–Kier alpha value is -2.59. The topological polar surface area (TPSA) is 58.2 Å². The first-order valence-electron chi connectivity index (χ1n) is 10.7. The third kappa shape index (κ3) is 8.58. The van der Waals surface area contributed by atoms with Crippen LogP contribution in [0, 0.1) is 11.8 Å². The third-order valence-corrected chi connectivity index (χ3v) is 5.28. The second-order valence-electron chi connectivity index (χ2n) is 7.71. The molecule has 1 unspecified atom stereocenters. The fraction of sp³-hybridized carbons (Fsp3) is 0.385. The highest BCUT2D eigenvalue weighted by Crippen LogP contribution is 2.22. The molecule has 31 heavy (non-hydrogen) atoms. The highest BCUT2D eigenvalue weighted by atomic mass is 35.5. The number of hydrogen-bond acceptors (Lipinski definition) is 3. The molecule has 0 aliphatic rings. The van der Waals surface area contributed by atoms with Crippen LogP contribution < -0.4 is 10.6 Å². The minimum atomic E-state index is -0.458. The zero-order valence-electron chi connectivity index (χ0n) is 19.0. The number of Topliss-reactive ketones (excluding diaryl/α,β-unsaturated/α-hetero) is 1. The first kappa shape index (κ1) is 26.4. The molecule has 0 saturated heterocycles. The van der Waals surface area contributed by atoms with Crippen LogP contribution in [-0.4, -0.2) is 18.2 Å². The summed E-state index contributed by atoms with van der Waals surface area (Å²) in [5.74, 6) is -0.543. The Morgan fingerprint density at radius 1 is 1.13 bits per heavy atom. The third-order valence-electron chi connectivity index (χ3n) is 5.03.